The summed E-state index contributed by atoms with van der Waals surface area (Å²) in [5.41, 5.74) is 0.677. The summed E-state index contributed by atoms with van der Waals surface area (Å²) >= 11 is 3.27. The number of para-hydroxylation sites is 1. The SMILES string of the molecule is N#C/C(=C/c1ccc(OC(F)(F)F)cc1)C(=O)Nc1ccccc1Br. The number of anilines is 1. The molecular formula is C17H10BrF3N2O2. The number of nitrogens with zero attached hydrogens (tertiary/aromatic N) is 1. The average Bonchev–Trinajstić information content (AvgIpc) is 2.54. The van der Waals surface area contributed by atoms with Crippen molar-refractivity contribution in [2.45, 2.75) is 6.36 Å². The zero-order valence-electron chi connectivity index (χ0n) is 12.5. The molecule has 0 aliphatic heterocycles. The van der Waals surface area contributed by atoms with Gasteiger partial charge in [0.15, 0.2) is 0 Å². The summed E-state index contributed by atoms with van der Waals surface area (Å²) in [6.07, 6.45) is -3.51. The Morgan fingerprint density at radius 1 is 1.16 bits per heavy atom. The minimum Gasteiger partial charge on any atom is -0.406 e. The van der Waals surface area contributed by atoms with Crippen molar-refractivity contribution in [3.63, 3.8) is 0 Å². The van der Waals surface area contributed by atoms with Crippen molar-refractivity contribution in [3.8, 4) is 11.8 Å². The van der Waals surface area contributed by atoms with Crippen LogP contribution in [0.1, 0.15) is 5.56 Å². The van der Waals surface area contributed by atoms with Gasteiger partial charge < -0.3 is 10.1 Å². The van der Waals surface area contributed by atoms with E-state index >= 15 is 0 Å². The standard InChI is InChI=1S/C17H10BrF3N2O2/c18-14-3-1-2-4-15(14)23-16(24)12(10-22)9-11-5-7-13(8-6-11)25-17(19,20)21/h1-9H,(H,23,24)/b12-9-. The van der Waals surface area contributed by atoms with Crippen LogP contribution in [-0.2, 0) is 4.79 Å². The molecule has 0 saturated carbocycles. The van der Waals surface area contributed by atoms with E-state index in [9.17, 15) is 18.0 Å². The second-order valence-electron chi connectivity index (χ2n) is 4.72. The second kappa shape index (κ2) is 7.85. The number of rotatable bonds is 4. The number of nitrogens with one attached hydrogen (secondary N) is 1. The summed E-state index contributed by atoms with van der Waals surface area (Å²) in [5, 5.41) is 11.7. The van der Waals surface area contributed by atoms with Crippen molar-refractivity contribution in [2.75, 3.05) is 5.32 Å². The van der Waals surface area contributed by atoms with Gasteiger partial charge in [-0.05, 0) is 51.8 Å². The lowest BCUT2D eigenvalue weighted by Gasteiger charge is -2.08. The molecule has 0 aliphatic carbocycles. The van der Waals surface area contributed by atoms with Gasteiger partial charge in [0.25, 0.3) is 5.91 Å². The number of amides is 1. The number of hydrogen-bond acceptors (Lipinski definition) is 3. The number of benzene rings is 2. The first-order valence-corrected chi connectivity index (χ1v) is 7.61. The lowest BCUT2D eigenvalue weighted by atomic mass is 10.1. The summed E-state index contributed by atoms with van der Waals surface area (Å²) in [7, 11) is 0. The third kappa shape index (κ3) is 5.65. The highest BCUT2D eigenvalue weighted by atomic mass is 79.9. The number of carbonyl (C=O) groups excluding carboxylic acids is 1. The number of carbonyl (C=O) groups is 1. The summed E-state index contributed by atoms with van der Waals surface area (Å²) in [4.78, 5) is 12.2. The number of ether oxygens (including phenoxy) is 1. The third-order valence-electron chi connectivity index (χ3n) is 2.91. The normalized spacial score (nSPS) is 11.6. The molecular weight excluding hydrogens is 401 g/mol. The van der Waals surface area contributed by atoms with E-state index in [0.717, 1.165) is 12.1 Å². The summed E-state index contributed by atoms with van der Waals surface area (Å²) < 4.78 is 40.8. The Bertz CT molecular complexity index is 840. The molecule has 0 radical (unpaired) electrons. The van der Waals surface area contributed by atoms with Crippen molar-refractivity contribution >= 4 is 33.6 Å². The molecule has 2 aromatic rings. The highest BCUT2D eigenvalue weighted by Crippen LogP contribution is 2.24. The van der Waals surface area contributed by atoms with Gasteiger partial charge in [-0.2, -0.15) is 5.26 Å². The van der Waals surface area contributed by atoms with Crippen molar-refractivity contribution in [2.24, 2.45) is 0 Å². The van der Waals surface area contributed by atoms with Gasteiger partial charge in [0.05, 0.1) is 5.69 Å². The van der Waals surface area contributed by atoms with Crippen molar-refractivity contribution < 1.29 is 22.7 Å². The van der Waals surface area contributed by atoms with Gasteiger partial charge in [0.2, 0.25) is 0 Å². The van der Waals surface area contributed by atoms with Gasteiger partial charge in [0.1, 0.15) is 17.4 Å². The van der Waals surface area contributed by atoms with E-state index in [1.165, 1.54) is 18.2 Å². The lowest BCUT2D eigenvalue weighted by molar-refractivity contribution is -0.274. The van der Waals surface area contributed by atoms with Crippen LogP contribution in [0.25, 0.3) is 6.08 Å². The predicted octanol–water partition coefficient (Wildman–Crippen LogP) is 4.89. The first-order chi connectivity index (χ1) is 11.8. The third-order valence-corrected chi connectivity index (χ3v) is 3.60. The molecule has 1 amide bonds. The zero-order valence-corrected chi connectivity index (χ0v) is 14.1. The Kier molecular flexibility index (Phi) is 5.83. The molecule has 0 bridgehead atoms. The minimum atomic E-state index is -4.78. The Morgan fingerprint density at radius 3 is 2.36 bits per heavy atom. The molecule has 0 fully saturated rings. The Hall–Kier alpha value is -2.79. The highest BCUT2D eigenvalue weighted by Gasteiger charge is 2.30. The molecule has 0 aliphatic rings. The molecule has 8 heteroatoms. The monoisotopic (exact) mass is 410 g/mol. The van der Waals surface area contributed by atoms with E-state index in [-0.39, 0.29) is 11.3 Å². The van der Waals surface area contributed by atoms with Gasteiger partial charge in [-0.1, -0.05) is 24.3 Å². The molecule has 2 rings (SSSR count). The molecule has 0 spiro atoms. The Morgan fingerprint density at radius 2 is 1.80 bits per heavy atom. The van der Waals surface area contributed by atoms with E-state index in [2.05, 4.69) is 26.0 Å². The van der Waals surface area contributed by atoms with E-state index in [1.54, 1.807) is 30.3 Å². The van der Waals surface area contributed by atoms with Gasteiger partial charge in [-0.3, -0.25) is 4.79 Å². The maximum atomic E-state index is 12.2. The van der Waals surface area contributed by atoms with E-state index in [0.29, 0.717) is 15.7 Å². The quantitative estimate of drug-likeness (QED) is 0.576. The Labute approximate surface area is 149 Å². The number of halogens is 4. The second-order valence-corrected chi connectivity index (χ2v) is 5.57. The zero-order chi connectivity index (χ0) is 18.4. The van der Waals surface area contributed by atoms with Crippen LogP contribution in [0.4, 0.5) is 18.9 Å². The van der Waals surface area contributed by atoms with E-state index in [1.807, 2.05) is 0 Å². The minimum absolute atomic E-state index is 0.194. The molecule has 2 aromatic carbocycles. The van der Waals surface area contributed by atoms with Crippen LogP contribution in [0, 0.1) is 11.3 Å². The van der Waals surface area contributed by atoms with Crippen LogP contribution in [0.5, 0.6) is 5.75 Å². The first kappa shape index (κ1) is 18.5. The van der Waals surface area contributed by atoms with Crippen LogP contribution >= 0.6 is 15.9 Å². The molecule has 25 heavy (non-hydrogen) atoms. The average molecular weight is 411 g/mol. The summed E-state index contributed by atoms with van der Waals surface area (Å²) in [6.45, 7) is 0. The number of hydrogen-bond donors (Lipinski definition) is 1. The summed E-state index contributed by atoms with van der Waals surface area (Å²) in [5.74, 6) is -1.02. The number of nitriles is 1. The number of alkyl halides is 3. The van der Waals surface area contributed by atoms with Crippen molar-refractivity contribution in [3.05, 3.63) is 64.1 Å². The predicted molar refractivity (Wildman–Crippen MR) is 89.5 cm³/mol. The fourth-order valence-corrected chi connectivity index (χ4v) is 2.22. The van der Waals surface area contributed by atoms with Crippen molar-refractivity contribution in [1.29, 1.82) is 5.26 Å². The van der Waals surface area contributed by atoms with Gasteiger partial charge in [0, 0.05) is 4.47 Å². The first-order valence-electron chi connectivity index (χ1n) is 6.82. The maximum Gasteiger partial charge on any atom is 0.573 e. The molecule has 128 valence electrons. The lowest BCUT2D eigenvalue weighted by Crippen LogP contribution is -2.17. The largest absolute Gasteiger partial charge is 0.573 e. The molecule has 4 nitrogen and oxygen atoms in total. The van der Waals surface area contributed by atoms with Crippen LogP contribution < -0.4 is 10.1 Å². The molecule has 0 aromatic heterocycles. The van der Waals surface area contributed by atoms with Crippen LogP contribution in [0.15, 0.2) is 58.6 Å². The molecule has 0 atom stereocenters. The topological polar surface area (TPSA) is 62.1 Å². The molecule has 0 heterocycles. The Balaban J connectivity index is 2.15. The molecule has 0 unspecified atom stereocenters. The molecule has 0 saturated heterocycles. The van der Waals surface area contributed by atoms with Gasteiger partial charge in [-0.15, -0.1) is 13.2 Å². The van der Waals surface area contributed by atoms with Crippen molar-refractivity contribution in [1.82, 2.24) is 0 Å². The van der Waals surface area contributed by atoms with Crippen LogP contribution in [0.3, 0.4) is 0 Å². The van der Waals surface area contributed by atoms with E-state index in [4.69, 9.17) is 5.26 Å². The summed E-state index contributed by atoms with van der Waals surface area (Å²) in [6, 6.07) is 13.4. The fourth-order valence-electron chi connectivity index (χ4n) is 1.83. The van der Waals surface area contributed by atoms with Gasteiger partial charge in [-0.25, -0.2) is 0 Å². The van der Waals surface area contributed by atoms with Crippen LogP contribution in [-0.4, -0.2) is 12.3 Å². The molecule has 1 N–H and O–H groups in total. The highest BCUT2D eigenvalue weighted by molar-refractivity contribution is 9.10. The van der Waals surface area contributed by atoms with Gasteiger partial charge >= 0.3 is 6.36 Å². The maximum absolute atomic E-state index is 12.2. The van der Waals surface area contributed by atoms with E-state index < -0.39 is 12.3 Å². The fraction of sp³-hybridized carbons (Fsp3) is 0.0588. The van der Waals surface area contributed by atoms with Crippen LogP contribution in [0.2, 0.25) is 0 Å². The smallest absolute Gasteiger partial charge is 0.406 e.